The summed E-state index contributed by atoms with van der Waals surface area (Å²) < 4.78 is 28.2. The molecule has 0 aliphatic heterocycles. The molecule has 1 aliphatic rings. The van der Waals surface area contributed by atoms with Gasteiger partial charge in [0.1, 0.15) is 22.4 Å². The second-order valence-electron chi connectivity index (χ2n) is 11.2. The van der Waals surface area contributed by atoms with E-state index in [-0.39, 0.29) is 4.90 Å². The molecule has 2 aromatic carbocycles. The Balaban J connectivity index is 0.000000191. The molecule has 0 bridgehead atoms. The Morgan fingerprint density at radius 2 is 1.18 bits per heavy atom. The maximum absolute atomic E-state index is 14.1. The van der Waals surface area contributed by atoms with E-state index in [4.69, 9.17) is 10.5 Å². The molecule has 0 spiro atoms. The van der Waals surface area contributed by atoms with E-state index < -0.39 is 11.6 Å². The number of thiocyanates is 2. The van der Waals surface area contributed by atoms with Crippen molar-refractivity contribution in [2.75, 3.05) is 0 Å². The van der Waals surface area contributed by atoms with Crippen molar-refractivity contribution in [1.29, 1.82) is 10.5 Å². The minimum absolute atomic E-state index is 0.248. The monoisotopic (exact) mass is 772 g/mol. The third kappa shape index (κ3) is 9.44. The van der Waals surface area contributed by atoms with Gasteiger partial charge in [0.05, 0.1) is 4.90 Å². The van der Waals surface area contributed by atoms with Gasteiger partial charge in [-0.05, 0) is 152 Å². The van der Waals surface area contributed by atoms with Gasteiger partial charge in [-0.2, -0.15) is 10.5 Å². The summed E-state index contributed by atoms with van der Waals surface area (Å²) in [5.41, 5.74) is 2.87. The zero-order valence-electron chi connectivity index (χ0n) is 28.0. The highest BCUT2D eigenvalue weighted by atomic mass is 32.2. The van der Waals surface area contributed by atoms with Crippen LogP contribution in [0, 0.1) is 52.7 Å². The van der Waals surface area contributed by atoms with Crippen molar-refractivity contribution < 1.29 is 8.78 Å². The second-order valence-corrected chi connectivity index (χ2v) is 17.4. The number of halogens is 2. The minimum atomic E-state index is -0.699. The van der Waals surface area contributed by atoms with Gasteiger partial charge in [0.2, 0.25) is 0 Å². The van der Waals surface area contributed by atoms with Crippen molar-refractivity contribution in [3.63, 3.8) is 0 Å². The molecule has 10 heteroatoms. The second kappa shape index (κ2) is 18.1. The van der Waals surface area contributed by atoms with Crippen molar-refractivity contribution >= 4 is 68.9 Å². The molecular formula is C40H34F2N2S6. The third-order valence-electron chi connectivity index (χ3n) is 7.74. The highest BCUT2D eigenvalue weighted by Gasteiger charge is 2.16. The molecule has 2 nitrogen and oxygen atoms in total. The fraction of sp³-hybridized carbons (Fsp3) is 0.200. The quantitative estimate of drug-likeness (QED) is 0.0878. The number of thioether (sulfide) groups is 2. The Morgan fingerprint density at radius 3 is 1.76 bits per heavy atom. The first-order chi connectivity index (χ1) is 24.3. The summed E-state index contributed by atoms with van der Waals surface area (Å²) in [6.07, 6.45) is 7.93. The topological polar surface area (TPSA) is 47.6 Å². The van der Waals surface area contributed by atoms with Crippen LogP contribution in [0.5, 0.6) is 0 Å². The third-order valence-corrected chi connectivity index (χ3v) is 14.0. The summed E-state index contributed by atoms with van der Waals surface area (Å²) in [5.74, 6) is -0.684. The van der Waals surface area contributed by atoms with E-state index in [0.29, 0.717) is 23.2 Å². The van der Waals surface area contributed by atoms with Gasteiger partial charge in [-0.15, -0.1) is 45.3 Å². The predicted octanol–water partition coefficient (Wildman–Crippen LogP) is 14.9. The molecule has 0 radical (unpaired) electrons. The van der Waals surface area contributed by atoms with Crippen LogP contribution in [0.4, 0.5) is 8.78 Å². The Kier molecular flexibility index (Phi) is 13.7. The van der Waals surface area contributed by atoms with Gasteiger partial charge >= 0.3 is 0 Å². The molecule has 4 heterocycles. The van der Waals surface area contributed by atoms with Crippen LogP contribution in [0.15, 0.2) is 101 Å². The Morgan fingerprint density at radius 1 is 0.640 bits per heavy atom. The normalized spacial score (nSPS) is 12.1. The first-order valence-corrected chi connectivity index (χ1v) is 20.9. The van der Waals surface area contributed by atoms with Crippen LogP contribution in [-0.2, 0) is 6.42 Å². The highest BCUT2D eigenvalue weighted by molar-refractivity contribution is 8.04. The maximum Gasteiger partial charge on any atom is 0.141 e. The standard InChI is InChI=1S/C21H15F2NS3.C17H13NS3.C2H6/c22-16-10-14(11-17(23)21(16)25-12-24)18-7-8-20(27-18)19-6-5-15(26-19)9-13-3-1-2-4-13;1-11-9-13(4-6-14(11)19-10-18)15-7-8-17(21-15)16-5-3-12(2)20-16;1-2/h1-2,5-8,10-11,13H,3-4,9H2;3-9H,1-2H3;1-2H3. The van der Waals surface area contributed by atoms with Crippen LogP contribution >= 0.6 is 68.9 Å². The number of thiophene rings is 4. The van der Waals surface area contributed by atoms with Gasteiger partial charge in [0.15, 0.2) is 0 Å². The van der Waals surface area contributed by atoms with Crippen LogP contribution in [0.2, 0.25) is 0 Å². The number of nitriles is 2. The van der Waals surface area contributed by atoms with Crippen molar-refractivity contribution in [1.82, 2.24) is 0 Å². The highest BCUT2D eigenvalue weighted by Crippen LogP contribution is 2.41. The summed E-state index contributed by atoms with van der Waals surface area (Å²) in [7, 11) is 0. The lowest BCUT2D eigenvalue weighted by molar-refractivity contribution is 0.542. The van der Waals surface area contributed by atoms with E-state index in [1.54, 1.807) is 16.7 Å². The van der Waals surface area contributed by atoms with Crippen molar-refractivity contribution in [3.8, 4) is 51.2 Å². The molecule has 0 unspecified atom stereocenters. The lowest BCUT2D eigenvalue weighted by Crippen LogP contribution is -1.96. The van der Waals surface area contributed by atoms with Crippen LogP contribution in [0.1, 0.15) is 42.0 Å². The Bertz CT molecular complexity index is 2140. The number of aryl methyl sites for hydroxylation is 2. The molecule has 0 N–H and O–H groups in total. The summed E-state index contributed by atoms with van der Waals surface area (Å²) in [5, 5.41) is 21.3. The van der Waals surface area contributed by atoms with Gasteiger partial charge in [0.25, 0.3) is 0 Å². The fourth-order valence-corrected chi connectivity index (χ4v) is 10.4. The van der Waals surface area contributed by atoms with E-state index in [0.717, 1.165) is 39.5 Å². The smallest absolute Gasteiger partial charge is 0.141 e. The fourth-order valence-electron chi connectivity index (χ4n) is 5.37. The van der Waals surface area contributed by atoms with Gasteiger partial charge < -0.3 is 0 Å². The molecule has 0 amide bonds. The van der Waals surface area contributed by atoms with E-state index in [9.17, 15) is 8.78 Å². The molecule has 0 saturated heterocycles. The minimum Gasteiger partial charge on any atom is -0.206 e. The van der Waals surface area contributed by atoms with Gasteiger partial charge in [-0.25, -0.2) is 8.78 Å². The molecule has 1 aliphatic carbocycles. The Hall–Kier alpha value is -3.48. The SMILES string of the molecule is CC.Cc1ccc(-c2ccc(-c3ccc(SC#N)c(C)c3)s2)s1.N#CSc1c(F)cc(-c2ccc(-c3ccc(CC4CC=CC4)s3)s2)cc1F. The van der Waals surface area contributed by atoms with Crippen LogP contribution in [0.25, 0.3) is 40.4 Å². The molecule has 6 aromatic rings. The van der Waals surface area contributed by atoms with Crippen molar-refractivity contribution in [2.45, 2.75) is 56.7 Å². The molecular weight excluding hydrogens is 739 g/mol. The van der Waals surface area contributed by atoms with Crippen molar-refractivity contribution in [2.24, 2.45) is 5.92 Å². The summed E-state index contributed by atoms with van der Waals surface area (Å²) in [6.45, 7) is 8.19. The predicted molar refractivity (Wildman–Crippen MR) is 215 cm³/mol. The first kappa shape index (κ1) is 37.8. The number of hydrogen-bond acceptors (Lipinski definition) is 8. The summed E-state index contributed by atoms with van der Waals surface area (Å²) in [4.78, 5) is 10.5. The van der Waals surface area contributed by atoms with Crippen molar-refractivity contribution in [3.05, 3.63) is 118 Å². The maximum atomic E-state index is 14.1. The Labute approximate surface area is 317 Å². The number of hydrogen-bond donors (Lipinski definition) is 0. The average Bonchev–Trinajstić information content (AvgIpc) is 3.96. The number of benzene rings is 2. The van der Waals surface area contributed by atoms with Crippen LogP contribution in [0.3, 0.4) is 0 Å². The summed E-state index contributed by atoms with van der Waals surface area (Å²) >= 11 is 8.70. The largest absolute Gasteiger partial charge is 0.206 e. The van der Waals surface area contributed by atoms with Gasteiger partial charge in [-0.1, -0.05) is 32.1 Å². The zero-order chi connectivity index (χ0) is 35.6. The number of rotatable bonds is 8. The number of nitrogens with zero attached hydrogens (tertiary/aromatic N) is 2. The van der Waals surface area contributed by atoms with E-state index in [1.807, 2.05) is 54.7 Å². The first-order valence-electron chi connectivity index (χ1n) is 16.0. The molecule has 50 heavy (non-hydrogen) atoms. The zero-order valence-corrected chi connectivity index (χ0v) is 32.9. The molecule has 4 aromatic heterocycles. The molecule has 0 fully saturated rings. The van der Waals surface area contributed by atoms with Gasteiger partial charge in [-0.3, -0.25) is 0 Å². The lowest BCUT2D eigenvalue weighted by Gasteiger charge is -2.05. The van der Waals surface area contributed by atoms with E-state index >= 15 is 0 Å². The number of allylic oxidation sites excluding steroid dienone is 2. The molecule has 0 atom stereocenters. The molecule has 7 rings (SSSR count). The van der Waals surface area contributed by atoms with E-state index in [2.05, 4.69) is 79.9 Å². The van der Waals surface area contributed by atoms with Crippen LogP contribution < -0.4 is 0 Å². The van der Waals surface area contributed by atoms with E-state index in [1.165, 1.54) is 70.1 Å². The van der Waals surface area contributed by atoms with Gasteiger partial charge in [0, 0.05) is 43.9 Å². The van der Waals surface area contributed by atoms with Crippen LogP contribution in [-0.4, -0.2) is 0 Å². The molecule has 254 valence electrons. The average molecular weight is 773 g/mol. The summed E-state index contributed by atoms with van der Waals surface area (Å²) in [6, 6.07) is 25.8. The lowest BCUT2D eigenvalue weighted by atomic mass is 10.0. The molecule has 0 saturated carbocycles.